The molecule has 0 saturated carbocycles. The van der Waals surface area contributed by atoms with Crippen molar-refractivity contribution in [2.45, 2.75) is 71.9 Å². The Labute approximate surface area is 299 Å². The molecule has 3 aromatic rings. The SMILES string of the molecule is CCOCCOc1ccc(C(CC)Nc2cc(CC)nc(Cl)n2)cc1.COc1cc(CNCCCNCCCCNCCCN)ccc1O. The molecule has 0 saturated heterocycles. The molecule has 12 heteroatoms. The highest BCUT2D eigenvalue weighted by molar-refractivity contribution is 6.28. The van der Waals surface area contributed by atoms with Gasteiger partial charge in [-0.15, -0.1) is 0 Å². The number of benzene rings is 2. The maximum absolute atomic E-state index is 9.56. The molecule has 7 N–H and O–H groups in total. The van der Waals surface area contributed by atoms with E-state index in [0.29, 0.717) is 25.6 Å². The molecular formula is C37H60ClN7O4. The van der Waals surface area contributed by atoms with Crippen LogP contribution in [-0.2, 0) is 17.7 Å². The number of aromatic nitrogens is 2. The van der Waals surface area contributed by atoms with Gasteiger partial charge in [0.05, 0.1) is 19.8 Å². The molecule has 0 fully saturated rings. The first-order valence-corrected chi connectivity index (χ1v) is 18.1. The minimum atomic E-state index is 0.146. The van der Waals surface area contributed by atoms with Gasteiger partial charge in [-0.05, 0) is 132 Å². The average molecular weight is 702 g/mol. The van der Waals surface area contributed by atoms with E-state index in [-0.39, 0.29) is 17.1 Å². The fourth-order valence-electron chi connectivity index (χ4n) is 4.86. The lowest BCUT2D eigenvalue weighted by molar-refractivity contribution is 0.110. The van der Waals surface area contributed by atoms with Crippen LogP contribution in [0.4, 0.5) is 5.82 Å². The molecule has 3 rings (SSSR count). The molecule has 1 aromatic heterocycles. The summed E-state index contributed by atoms with van der Waals surface area (Å²) >= 11 is 6.00. The summed E-state index contributed by atoms with van der Waals surface area (Å²) in [5.74, 6) is 2.30. The Morgan fingerprint density at radius 1 is 0.837 bits per heavy atom. The van der Waals surface area contributed by atoms with Gasteiger partial charge in [-0.1, -0.05) is 32.0 Å². The predicted molar refractivity (Wildman–Crippen MR) is 201 cm³/mol. The number of aromatic hydroxyl groups is 1. The lowest BCUT2D eigenvalue weighted by Crippen LogP contribution is -2.24. The largest absolute Gasteiger partial charge is 0.504 e. The summed E-state index contributed by atoms with van der Waals surface area (Å²) in [4.78, 5) is 8.47. The Kier molecular flexibility index (Phi) is 22.8. The molecule has 49 heavy (non-hydrogen) atoms. The molecule has 2 aromatic carbocycles. The number of nitrogens with zero attached hydrogens (tertiary/aromatic N) is 2. The minimum absolute atomic E-state index is 0.146. The molecule has 0 aliphatic rings. The van der Waals surface area contributed by atoms with Crippen LogP contribution in [0, 0.1) is 0 Å². The van der Waals surface area contributed by atoms with Gasteiger partial charge in [-0.3, -0.25) is 0 Å². The number of nitrogens with one attached hydrogen (secondary N) is 4. The van der Waals surface area contributed by atoms with Gasteiger partial charge in [0.2, 0.25) is 5.28 Å². The van der Waals surface area contributed by atoms with Crippen molar-refractivity contribution in [2.75, 3.05) is 71.5 Å². The number of hydrogen-bond donors (Lipinski definition) is 6. The summed E-state index contributed by atoms with van der Waals surface area (Å²) in [5.41, 5.74) is 8.65. The minimum Gasteiger partial charge on any atom is -0.504 e. The summed E-state index contributed by atoms with van der Waals surface area (Å²) < 4.78 is 16.0. The van der Waals surface area contributed by atoms with Crippen molar-refractivity contribution >= 4 is 17.4 Å². The van der Waals surface area contributed by atoms with Crippen LogP contribution >= 0.6 is 11.6 Å². The van der Waals surface area contributed by atoms with Crippen LogP contribution in [0.3, 0.4) is 0 Å². The number of halogens is 1. The molecular weight excluding hydrogens is 642 g/mol. The number of aryl methyl sites for hydroxylation is 1. The Morgan fingerprint density at radius 3 is 2.18 bits per heavy atom. The Hall–Kier alpha value is -3.19. The number of unbranched alkanes of at least 4 members (excludes halogenated alkanes) is 1. The summed E-state index contributed by atoms with van der Waals surface area (Å²) in [7, 11) is 1.56. The van der Waals surface area contributed by atoms with E-state index in [1.165, 1.54) is 18.4 Å². The van der Waals surface area contributed by atoms with Gasteiger partial charge in [0.1, 0.15) is 18.2 Å². The second-order valence-corrected chi connectivity index (χ2v) is 11.8. The standard InChI is InChI=1S/C19H26ClN3O2.C18H34N4O2/c1-4-15-13-18(23-19(20)21-15)22-17(5-2)14-7-9-16(10-8-14)25-12-11-24-6-3;1-24-18-14-16(6-7-17(18)23)15-22-13-5-12-21-10-3-2-9-20-11-4-8-19/h7-10,13,17H,4-6,11-12H2,1-3H3,(H,21,22,23);6-7,14,20-23H,2-5,8-13,15,19H2,1H3. The van der Waals surface area contributed by atoms with Gasteiger partial charge in [-0.25, -0.2) is 9.97 Å². The summed E-state index contributed by atoms with van der Waals surface area (Å²) in [6, 6.07) is 15.6. The van der Waals surface area contributed by atoms with Gasteiger partial charge < -0.3 is 46.3 Å². The number of methoxy groups -OCH3 is 1. The van der Waals surface area contributed by atoms with E-state index in [1.807, 2.05) is 44.2 Å². The fourth-order valence-corrected chi connectivity index (χ4v) is 5.06. The zero-order valence-electron chi connectivity index (χ0n) is 30.0. The maximum Gasteiger partial charge on any atom is 0.224 e. The van der Waals surface area contributed by atoms with Crippen LogP contribution in [-0.4, -0.2) is 81.3 Å². The lowest BCUT2D eigenvalue weighted by atomic mass is 10.0. The second-order valence-electron chi connectivity index (χ2n) is 11.5. The normalized spacial score (nSPS) is 11.5. The van der Waals surface area contributed by atoms with Crippen molar-refractivity contribution in [3.05, 3.63) is 70.6 Å². The summed E-state index contributed by atoms with van der Waals surface area (Å²) in [6.45, 7) is 14.8. The molecule has 1 unspecified atom stereocenters. The van der Waals surface area contributed by atoms with Crippen LogP contribution < -0.4 is 36.5 Å². The lowest BCUT2D eigenvalue weighted by Gasteiger charge is -2.19. The Morgan fingerprint density at radius 2 is 1.53 bits per heavy atom. The molecule has 274 valence electrons. The topological polar surface area (TPSA) is 148 Å². The van der Waals surface area contributed by atoms with E-state index >= 15 is 0 Å². The number of hydrogen-bond acceptors (Lipinski definition) is 11. The van der Waals surface area contributed by atoms with Crippen LogP contribution in [0.25, 0.3) is 0 Å². The maximum atomic E-state index is 9.56. The molecule has 11 nitrogen and oxygen atoms in total. The van der Waals surface area contributed by atoms with E-state index in [1.54, 1.807) is 13.2 Å². The van der Waals surface area contributed by atoms with Crippen LogP contribution in [0.1, 0.15) is 75.7 Å². The van der Waals surface area contributed by atoms with Gasteiger partial charge in [0.25, 0.3) is 0 Å². The zero-order chi connectivity index (χ0) is 35.5. The smallest absolute Gasteiger partial charge is 0.224 e. The van der Waals surface area contributed by atoms with Gasteiger partial charge in [0.15, 0.2) is 11.5 Å². The van der Waals surface area contributed by atoms with Gasteiger partial charge in [0, 0.05) is 24.9 Å². The predicted octanol–water partition coefficient (Wildman–Crippen LogP) is 5.86. The number of anilines is 1. The van der Waals surface area contributed by atoms with Crippen molar-refractivity contribution in [1.82, 2.24) is 25.9 Å². The molecule has 0 radical (unpaired) electrons. The number of nitrogens with two attached hydrogens (primary N) is 1. The molecule has 0 aliphatic carbocycles. The number of ether oxygens (including phenoxy) is 3. The highest BCUT2D eigenvalue weighted by atomic mass is 35.5. The van der Waals surface area contributed by atoms with E-state index in [9.17, 15) is 5.11 Å². The first kappa shape index (κ1) is 42.0. The average Bonchev–Trinajstić information content (AvgIpc) is 3.12. The molecule has 0 spiro atoms. The molecule has 1 atom stereocenters. The monoisotopic (exact) mass is 701 g/mol. The van der Waals surface area contributed by atoms with Crippen molar-refractivity contribution in [2.24, 2.45) is 5.73 Å². The van der Waals surface area contributed by atoms with Crippen molar-refractivity contribution in [3.63, 3.8) is 0 Å². The van der Waals surface area contributed by atoms with Crippen molar-refractivity contribution in [1.29, 1.82) is 0 Å². The fraction of sp³-hybridized carbons (Fsp3) is 0.568. The van der Waals surface area contributed by atoms with Crippen LogP contribution in [0.15, 0.2) is 48.5 Å². The van der Waals surface area contributed by atoms with Gasteiger partial charge >= 0.3 is 0 Å². The highest BCUT2D eigenvalue weighted by Gasteiger charge is 2.12. The molecule has 0 aliphatic heterocycles. The molecule has 1 heterocycles. The highest BCUT2D eigenvalue weighted by Crippen LogP contribution is 2.26. The third kappa shape index (κ3) is 18.4. The van der Waals surface area contributed by atoms with Crippen molar-refractivity contribution < 1.29 is 19.3 Å². The third-order valence-electron chi connectivity index (χ3n) is 7.62. The van der Waals surface area contributed by atoms with Crippen LogP contribution in [0.5, 0.6) is 17.2 Å². The van der Waals surface area contributed by atoms with E-state index < -0.39 is 0 Å². The molecule has 0 amide bonds. The Bertz CT molecular complexity index is 1270. The molecule has 0 bridgehead atoms. The first-order valence-electron chi connectivity index (χ1n) is 17.7. The quantitative estimate of drug-likeness (QED) is 0.0466. The second kappa shape index (κ2) is 26.6. The van der Waals surface area contributed by atoms with E-state index in [2.05, 4.69) is 50.3 Å². The van der Waals surface area contributed by atoms with Crippen LogP contribution in [0.2, 0.25) is 5.28 Å². The number of rotatable bonds is 25. The zero-order valence-corrected chi connectivity index (χ0v) is 30.8. The van der Waals surface area contributed by atoms with E-state index in [4.69, 9.17) is 31.5 Å². The van der Waals surface area contributed by atoms with E-state index in [0.717, 1.165) is 94.3 Å². The summed E-state index contributed by atoms with van der Waals surface area (Å²) in [5, 5.41) is 23.5. The number of phenols is 1. The first-order chi connectivity index (χ1) is 23.9. The van der Waals surface area contributed by atoms with Gasteiger partial charge in [-0.2, -0.15) is 0 Å². The Balaban J connectivity index is 0.000000341. The number of phenolic OH excluding ortho intramolecular Hbond substituents is 1. The summed E-state index contributed by atoms with van der Waals surface area (Å²) in [6.07, 6.45) is 6.32. The third-order valence-corrected chi connectivity index (χ3v) is 7.79. The van der Waals surface area contributed by atoms with Crippen molar-refractivity contribution in [3.8, 4) is 17.2 Å².